The first-order valence-corrected chi connectivity index (χ1v) is 7.17. The Labute approximate surface area is 119 Å². The van der Waals surface area contributed by atoms with Crippen LogP contribution in [0.3, 0.4) is 0 Å². The average molecular weight is 287 g/mol. The molecular formula is C13H25N3O4. The van der Waals surface area contributed by atoms with Gasteiger partial charge in [0.25, 0.3) is 0 Å². The number of nitrogens with zero attached hydrogens (tertiary/aromatic N) is 1. The molecule has 0 spiro atoms. The molecule has 1 aliphatic rings. The fourth-order valence-corrected chi connectivity index (χ4v) is 2.30. The predicted octanol–water partition coefficient (Wildman–Crippen LogP) is 0.117. The smallest absolute Gasteiger partial charge is 0.317 e. The molecule has 116 valence electrons. The van der Waals surface area contributed by atoms with Crippen LogP contribution in [0.5, 0.6) is 0 Å². The highest BCUT2D eigenvalue weighted by molar-refractivity contribution is 5.77. The molecule has 7 heteroatoms. The van der Waals surface area contributed by atoms with Crippen LogP contribution < -0.4 is 10.6 Å². The van der Waals surface area contributed by atoms with Crippen LogP contribution in [0, 0.1) is 5.92 Å². The number of amides is 2. The van der Waals surface area contributed by atoms with E-state index in [1.807, 2.05) is 13.8 Å². The molecule has 0 aromatic rings. The van der Waals surface area contributed by atoms with Crippen molar-refractivity contribution in [2.75, 3.05) is 39.4 Å². The molecule has 0 aromatic heterocycles. The van der Waals surface area contributed by atoms with Gasteiger partial charge in [-0.25, -0.2) is 4.79 Å². The van der Waals surface area contributed by atoms with Crippen molar-refractivity contribution in [1.29, 1.82) is 0 Å². The lowest BCUT2D eigenvalue weighted by atomic mass is 10.0. The molecule has 0 aliphatic carbocycles. The van der Waals surface area contributed by atoms with Gasteiger partial charge in [-0.15, -0.1) is 0 Å². The van der Waals surface area contributed by atoms with Crippen LogP contribution in [0.15, 0.2) is 0 Å². The molecule has 3 N–H and O–H groups in total. The lowest BCUT2D eigenvalue weighted by molar-refractivity contribution is -0.142. The summed E-state index contributed by atoms with van der Waals surface area (Å²) in [7, 11) is 0. The SMILES string of the molecule is CCNCCCNC(=O)N(CC)C1COCC1C(=O)O. The van der Waals surface area contributed by atoms with Crippen LogP contribution in [-0.2, 0) is 9.53 Å². The molecular weight excluding hydrogens is 262 g/mol. The third-order valence-electron chi connectivity index (χ3n) is 3.43. The Kier molecular flexibility index (Phi) is 7.32. The van der Waals surface area contributed by atoms with Crippen molar-refractivity contribution >= 4 is 12.0 Å². The monoisotopic (exact) mass is 287 g/mol. The van der Waals surface area contributed by atoms with Gasteiger partial charge in [0.2, 0.25) is 0 Å². The summed E-state index contributed by atoms with van der Waals surface area (Å²) in [6.45, 7) is 7.14. The quantitative estimate of drug-likeness (QED) is 0.552. The molecule has 1 saturated heterocycles. The zero-order valence-electron chi connectivity index (χ0n) is 12.2. The minimum absolute atomic E-state index is 0.171. The molecule has 1 rings (SSSR count). The van der Waals surface area contributed by atoms with Crippen molar-refractivity contribution in [3.63, 3.8) is 0 Å². The van der Waals surface area contributed by atoms with E-state index in [2.05, 4.69) is 10.6 Å². The van der Waals surface area contributed by atoms with Gasteiger partial charge in [0, 0.05) is 13.1 Å². The summed E-state index contributed by atoms with van der Waals surface area (Å²) >= 11 is 0. The Morgan fingerprint density at radius 3 is 2.65 bits per heavy atom. The van der Waals surface area contributed by atoms with Crippen LogP contribution >= 0.6 is 0 Å². The summed E-state index contributed by atoms with van der Waals surface area (Å²) in [4.78, 5) is 24.8. The Balaban J connectivity index is 2.44. The van der Waals surface area contributed by atoms with Crippen LogP contribution in [0.25, 0.3) is 0 Å². The highest BCUT2D eigenvalue weighted by Gasteiger charge is 2.39. The van der Waals surface area contributed by atoms with E-state index >= 15 is 0 Å². The first-order chi connectivity index (χ1) is 9.61. The molecule has 1 heterocycles. The molecule has 0 saturated carbocycles. The van der Waals surface area contributed by atoms with Gasteiger partial charge in [-0.05, 0) is 26.4 Å². The molecule has 1 fully saturated rings. The zero-order valence-corrected chi connectivity index (χ0v) is 12.2. The molecule has 0 bridgehead atoms. The zero-order chi connectivity index (χ0) is 15.0. The lowest BCUT2D eigenvalue weighted by Crippen LogP contribution is -2.50. The first-order valence-electron chi connectivity index (χ1n) is 7.17. The Hall–Kier alpha value is -1.34. The molecule has 1 aliphatic heterocycles. The number of hydrogen-bond donors (Lipinski definition) is 3. The Bertz CT molecular complexity index is 325. The molecule has 2 unspecified atom stereocenters. The summed E-state index contributed by atoms with van der Waals surface area (Å²) in [6, 6.07) is -0.600. The second-order valence-corrected chi connectivity index (χ2v) is 4.77. The van der Waals surface area contributed by atoms with Crippen LogP contribution in [-0.4, -0.2) is 67.4 Å². The van der Waals surface area contributed by atoms with Gasteiger partial charge < -0.3 is 25.4 Å². The standard InChI is InChI=1S/C13H25N3O4/c1-3-14-6-5-7-15-13(19)16(4-2)11-9-20-8-10(11)12(17)18/h10-11,14H,3-9H2,1-2H3,(H,15,19)(H,17,18). The molecule has 0 radical (unpaired) electrons. The van der Waals surface area contributed by atoms with Crippen molar-refractivity contribution in [3.8, 4) is 0 Å². The first kappa shape index (κ1) is 16.7. The highest BCUT2D eigenvalue weighted by atomic mass is 16.5. The van der Waals surface area contributed by atoms with E-state index in [1.165, 1.54) is 0 Å². The van der Waals surface area contributed by atoms with Gasteiger partial charge in [-0.3, -0.25) is 4.79 Å². The van der Waals surface area contributed by atoms with E-state index in [0.29, 0.717) is 13.1 Å². The molecule has 0 aromatic carbocycles. The van der Waals surface area contributed by atoms with E-state index in [1.54, 1.807) is 4.90 Å². The summed E-state index contributed by atoms with van der Waals surface area (Å²) in [6.07, 6.45) is 0.848. The molecule has 7 nitrogen and oxygen atoms in total. The maximum absolute atomic E-state index is 12.1. The minimum atomic E-state index is -0.911. The number of aliphatic carboxylic acids is 1. The normalized spacial score (nSPS) is 21.7. The number of carboxylic acids is 1. The fourth-order valence-electron chi connectivity index (χ4n) is 2.30. The van der Waals surface area contributed by atoms with E-state index in [4.69, 9.17) is 9.84 Å². The number of carbonyl (C=O) groups excluding carboxylic acids is 1. The lowest BCUT2D eigenvalue weighted by Gasteiger charge is -2.29. The second-order valence-electron chi connectivity index (χ2n) is 4.77. The van der Waals surface area contributed by atoms with Gasteiger partial charge in [-0.2, -0.15) is 0 Å². The van der Waals surface area contributed by atoms with E-state index in [9.17, 15) is 9.59 Å². The Morgan fingerprint density at radius 2 is 2.05 bits per heavy atom. The number of likely N-dealkylation sites (N-methyl/N-ethyl adjacent to an activating group) is 1. The topological polar surface area (TPSA) is 90.9 Å². The van der Waals surface area contributed by atoms with Gasteiger partial charge in [0.05, 0.1) is 19.3 Å². The predicted molar refractivity (Wildman–Crippen MR) is 74.7 cm³/mol. The molecule has 2 atom stereocenters. The second kappa shape index (κ2) is 8.76. The van der Waals surface area contributed by atoms with E-state index in [-0.39, 0.29) is 25.3 Å². The van der Waals surface area contributed by atoms with Gasteiger partial charge in [-0.1, -0.05) is 6.92 Å². The van der Waals surface area contributed by atoms with Gasteiger partial charge in [0.1, 0.15) is 5.92 Å². The van der Waals surface area contributed by atoms with Crippen LogP contribution in [0.2, 0.25) is 0 Å². The minimum Gasteiger partial charge on any atom is -0.481 e. The Morgan fingerprint density at radius 1 is 1.30 bits per heavy atom. The van der Waals surface area contributed by atoms with Crippen molar-refractivity contribution in [1.82, 2.24) is 15.5 Å². The summed E-state index contributed by atoms with van der Waals surface area (Å²) in [5.74, 6) is -1.55. The fraction of sp³-hybridized carbons (Fsp3) is 0.846. The van der Waals surface area contributed by atoms with Crippen LogP contribution in [0.1, 0.15) is 20.3 Å². The number of rotatable bonds is 8. The maximum atomic E-state index is 12.1. The highest BCUT2D eigenvalue weighted by Crippen LogP contribution is 2.20. The summed E-state index contributed by atoms with van der Waals surface area (Å²) < 4.78 is 5.21. The third kappa shape index (κ3) is 4.64. The number of hydrogen-bond acceptors (Lipinski definition) is 4. The molecule has 2 amide bonds. The number of ether oxygens (including phenoxy) is 1. The van der Waals surface area contributed by atoms with Gasteiger partial charge in [0.15, 0.2) is 0 Å². The van der Waals surface area contributed by atoms with Crippen molar-refractivity contribution < 1.29 is 19.4 Å². The van der Waals surface area contributed by atoms with E-state index < -0.39 is 11.9 Å². The average Bonchev–Trinajstić information content (AvgIpc) is 2.89. The van der Waals surface area contributed by atoms with Crippen molar-refractivity contribution in [3.05, 3.63) is 0 Å². The summed E-state index contributed by atoms with van der Waals surface area (Å²) in [5.41, 5.74) is 0. The largest absolute Gasteiger partial charge is 0.481 e. The summed E-state index contributed by atoms with van der Waals surface area (Å²) in [5, 5.41) is 15.1. The number of carboxylic acid groups (broad SMARTS) is 1. The third-order valence-corrected chi connectivity index (χ3v) is 3.43. The number of urea groups is 1. The van der Waals surface area contributed by atoms with Crippen molar-refractivity contribution in [2.45, 2.75) is 26.3 Å². The number of nitrogens with one attached hydrogen (secondary N) is 2. The maximum Gasteiger partial charge on any atom is 0.317 e. The van der Waals surface area contributed by atoms with Crippen molar-refractivity contribution in [2.24, 2.45) is 5.92 Å². The molecule has 20 heavy (non-hydrogen) atoms. The van der Waals surface area contributed by atoms with Crippen LogP contribution in [0.4, 0.5) is 4.79 Å². The van der Waals surface area contributed by atoms with E-state index in [0.717, 1.165) is 19.5 Å². The van der Waals surface area contributed by atoms with Gasteiger partial charge >= 0.3 is 12.0 Å². The number of carbonyl (C=O) groups is 2.